The van der Waals surface area contributed by atoms with Crippen molar-refractivity contribution in [3.63, 3.8) is 0 Å². The van der Waals surface area contributed by atoms with Crippen LogP contribution in [0.1, 0.15) is 19.5 Å². The summed E-state index contributed by atoms with van der Waals surface area (Å²) in [7, 11) is -3.93. The predicted octanol–water partition coefficient (Wildman–Crippen LogP) is 6.10. The van der Waals surface area contributed by atoms with Crippen molar-refractivity contribution in [2.45, 2.75) is 20.8 Å². The third-order valence-electron chi connectivity index (χ3n) is 3.71. The Bertz CT molecular complexity index is 794. The molecule has 0 N–H and O–H groups in total. The number of phosphoric acid groups is 1. The molecule has 0 amide bonds. The van der Waals surface area contributed by atoms with Crippen LogP contribution in [0.5, 0.6) is 17.2 Å². The molecular formula is C21H23MgO4P. The first-order chi connectivity index (χ1) is 12.4. The molecule has 27 heavy (non-hydrogen) atoms. The van der Waals surface area contributed by atoms with E-state index in [-0.39, 0.29) is 25.9 Å². The van der Waals surface area contributed by atoms with Gasteiger partial charge in [0, 0.05) is 0 Å². The van der Waals surface area contributed by atoms with Crippen LogP contribution in [0, 0.1) is 20.8 Å². The quantitative estimate of drug-likeness (QED) is 0.374. The molecule has 3 rings (SSSR count). The van der Waals surface area contributed by atoms with Gasteiger partial charge in [0.1, 0.15) is 17.2 Å². The van der Waals surface area contributed by atoms with Gasteiger partial charge in [-0.1, -0.05) is 53.1 Å². The van der Waals surface area contributed by atoms with Crippen LogP contribution in [0.25, 0.3) is 0 Å². The molecule has 0 aliphatic heterocycles. The van der Waals surface area contributed by atoms with Crippen LogP contribution in [0.3, 0.4) is 0 Å². The van der Waals surface area contributed by atoms with E-state index in [1.54, 1.807) is 36.4 Å². The normalized spacial score (nSPS) is 10.6. The van der Waals surface area contributed by atoms with Gasteiger partial charge in [0.15, 0.2) is 0 Å². The zero-order chi connectivity index (χ0) is 18.6. The summed E-state index contributed by atoms with van der Waals surface area (Å²) in [6.07, 6.45) is 0. The molecule has 0 saturated heterocycles. The Kier molecular flexibility index (Phi) is 7.37. The maximum atomic E-state index is 13.3. The van der Waals surface area contributed by atoms with Crippen LogP contribution >= 0.6 is 7.82 Å². The zero-order valence-corrected chi connectivity index (χ0v) is 18.0. The summed E-state index contributed by atoms with van der Waals surface area (Å²) in [4.78, 5) is 0. The number of phosphoric ester groups is 1. The third-order valence-corrected chi connectivity index (χ3v) is 5.02. The first-order valence-electron chi connectivity index (χ1n) is 8.31. The van der Waals surface area contributed by atoms with E-state index in [1.165, 1.54) is 0 Å². The SMILES string of the molecule is Cc1ccc(OP(=O)(Oc2ccc(C)cc2)Oc2ccc(C)cc2)cc1.[H-].[H-].[Mg+2]. The van der Waals surface area contributed by atoms with Gasteiger partial charge in [-0.15, -0.1) is 0 Å². The number of hydrogen-bond acceptors (Lipinski definition) is 4. The molecule has 0 bridgehead atoms. The molecule has 4 nitrogen and oxygen atoms in total. The Balaban J connectivity index is 0.00000261. The van der Waals surface area contributed by atoms with Gasteiger partial charge in [0.05, 0.1) is 0 Å². The summed E-state index contributed by atoms with van der Waals surface area (Å²) < 4.78 is 30.2. The summed E-state index contributed by atoms with van der Waals surface area (Å²) in [6.45, 7) is 5.90. The fourth-order valence-corrected chi connectivity index (χ4v) is 3.49. The third kappa shape index (κ3) is 6.31. The summed E-state index contributed by atoms with van der Waals surface area (Å²) >= 11 is 0. The van der Waals surface area contributed by atoms with Gasteiger partial charge < -0.3 is 16.4 Å². The molecule has 3 aromatic carbocycles. The molecule has 3 aromatic rings. The fourth-order valence-electron chi connectivity index (χ4n) is 2.24. The zero-order valence-electron chi connectivity index (χ0n) is 17.7. The largest absolute Gasteiger partial charge is 2.00 e. The second kappa shape index (κ2) is 9.31. The first kappa shape index (κ1) is 21.4. The van der Waals surface area contributed by atoms with Crippen LogP contribution in [0.4, 0.5) is 0 Å². The van der Waals surface area contributed by atoms with E-state index in [1.807, 2.05) is 57.2 Å². The van der Waals surface area contributed by atoms with E-state index in [4.69, 9.17) is 13.6 Å². The van der Waals surface area contributed by atoms with E-state index in [9.17, 15) is 4.57 Å². The molecule has 0 atom stereocenters. The molecule has 0 heterocycles. The van der Waals surface area contributed by atoms with Crippen molar-refractivity contribution >= 4 is 30.9 Å². The molecule has 0 radical (unpaired) electrons. The minimum Gasteiger partial charge on any atom is -1.00 e. The van der Waals surface area contributed by atoms with Gasteiger partial charge in [-0.3, -0.25) is 0 Å². The van der Waals surface area contributed by atoms with Crippen molar-refractivity contribution in [3.8, 4) is 17.2 Å². The van der Waals surface area contributed by atoms with Gasteiger partial charge in [0.25, 0.3) is 0 Å². The Morgan fingerprint density at radius 2 is 0.778 bits per heavy atom. The van der Waals surface area contributed by atoms with E-state index in [2.05, 4.69) is 0 Å². The van der Waals surface area contributed by atoms with E-state index in [0.717, 1.165) is 16.7 Å². The number of aryl methyl sites for hydroxylation is 3. The molecule has 0 aromatic heterocycles. The van der Waals surface area contributed by atoms with Gasteiger partial charge in [0.2, 0.25) is 0 Å². The first-order valence-corrected chi connectivity index (χ1v) is 9.77. The molecule has 0 spiro atoms. The minimum atomic E-state index is -3.93. The maximum absolute atomic E-state index is 13.3. The molecular weight excluding hydrogens is 372 g/mol. The average molecular weight is 395 g/mol. The summed E-state index contributed by atoms with van der Waals surface area (Å²) in [6, 6.07) is 21.6. The number of benzene rings is 3. The van der Waals surface area contributed by atoms with Crippen LogP contribution in [-0.2, 0) is 4.57 Å². The van der Waals surface area contributed by atoms with Crippen molar-refractivity contribution in [1.82, 2.24) is 0 Å². The molecule has 0 aliphatic carbocycles. The van der Waals surface area contributed by atoms with Crippen molar-refractivity contribution < 1.29 is 21.0 Å². The molecule has 0 saturated carbocycles. The van der Waals surface area contributed by atoms with Crippen LogP contribution < -0.4 is 13.6 Å². The minimum absolute atomic E-state index is 0. The van der Waals surface area contributed by atoms with E-state index < -0.39 is 7.82 Å². The summed E-state index contributed by atoms with van der Waals surface area (Å²) in [5, 5.41) is 0. The summed E-state index contributed by atoms with van der Waals surface area (Å²) in [5.74, 6) is 1.24. The summed E-state index contributed by atoms with van der Waals surface area (Å²) in [5.41, 5.74) is 3.23. The van der Waals surface area contributed by atoms with Crippen LogP contribution in [-0.4, -0.2) is 23.1 Å². The van der Waals surface area contributed by atoms with Gasteiger partial charge in [-0.25, -0.2) is 0 Å². The monoisotopic (exact) mass is 394 g/mol. The van der Waals surface area contributed by atoms with Gasteiger partial charge in [-0.2, -0.15) is 4.57 Å². The fraction of sp³-hybridized carbons (Fsp3) is 0.143. The molecule has 0 fully saturated rings. The maximum Gasteiger partial charge on any atom is 2.00 e. The average Bonchev–Trinajstić information content (AvgIpc) is 2.61. The molecule has 6 heteroatoms. The Morgan fingerprint density at radius 1 is 0.556 bits per heavy atom. The van der Waals surface area contributed by atoms with Gasteiger partial charge >= 0.3 is 30.9 Å². The predicted molar refractivity (Wildman–Crippen MR) is 111 cm³/mol. The van der Waals surface area contributed by atoms with Crippen molar-refractivity contribution in [3.05, 3.63) is 89.5 Å². The standard InChI is InChI=1S/C21H21O4P.Mg.2H/c1-16-4-10-19(11-5-16)23-26(22,24-20-12-6-17(2)7-13-20)25-21-14-8-18(3)9-15-21;;;/h4-15H,1-3H3;;;/q;+2;2*-1. The Morgan fingerprint density at radius 3 is 1.00 bits per heavy atom. The molecule has 138 valence electrons. The van der Waals surface area contributed by atoms with E-state index in [0.29, 0.717) is 17.2 Å². The second-order valence-corrected chi connectivity index (χ2v) is 7.60. The second-order valence-electron chi connectivity index (χ2n) is 6.16. The van der Waals surface area contributed by atoms with Crippen molar-refractivity contribution in [2.75, 3.05) is 0 Å². The molecule has 0 aliphatic rings. The smallest absolute Gasteiger partial charge is 1.00 e. The van der Waals surface area contributed by atoms with Crippen molar-refractivity contribution in [2.24, 2.45) is 0 Å². The topological polar surface area (TPSA) is 44.8 Å². The Hall–Kier alpha value is -1.94. The van der Waals surface area contributed by atoms with Crippen molar-refractivity contribution in [1.29, 1.82) is 0 Å². The van der Waals surface area contributed by atoms with Crippen LogP contribution in [0.2, 0.25) is 0 Å². The van der Waals surface area contributed by atoms with Crippen LogP contribution in [0.15, 0.2) is 72.8 Å². The van der Waals surface area contributed by atoms with Gasteiger partial charge in [-0.05, 0) is 57.2 Å². The molecule has 0 unspecified atom stereocenters. The van der Waals surface area contributed by atoms with E-state index >= 15 is 0 Å². The number of hydrogen-bond donors (Lipinski definition) is 0. The number of rotatable bonds is 6. The Labute approximate surface area is 179 Å².